The van der Waals surface area contributed by atoms with Crippen molar-refractivity contribution in [2.75, 3.05) is 6.54 Å². The molecule has 134 valence electrons. The SMILES string of the molecule is CCNC(=NCc1ccnc(-n2cccn2)c1)NC1CCC(C)CC1. The van der Waals surface area contributed by atoms with Crippen molar-refractivity contribution < 1.29 is 0 Å². The average molecular weight is 340 g/mol. The third-order valence-electron chi connectivity index (χ3n) is 4.67. The van der Waals surface area contributed by atoms with Gasteiger partial charge in [-0.15, -0.1) is 0 Å². The van der Waals surface area contributed by atoms with Crippen LogP contribution in [0, 0.1) is 5.92 Å². The van der Waals surface area contributed by atoms with E-state index in [0.717, 1.165) is 29.8 Å². The van der Waals surface area contributed by atoms with Gasteiger partial charge in [0.2, 0.25) is 0 Å². The maximum absolute atomic E-state index is 4.76. The second-order valence-corrected chi connectivity index (χ2v) is 6.77. The van der Waals surface area contributed by atoms with Crippen LogP contribution in [0.2, 0.25) is 0 Å². The topological polar surface area (TPSA) is 67.1 Å². The summed E-state index contributed by atoms with van der Waals surface area (Å²) in [5.41, 5.74) is 1.12. The Morgan fingerprint density at radius 2 is 2.12 bits per heavy atom. The van der Waals surface area contributed by atoms with Crippen molar-refractivity contribution in [3.63, 3.8) is 0 Å². The van der Waals surface area contributed by atoms with Gasteiger partial charge in [-0.1, -0.05) is 6.92 Å². The van der Waals surface area contributed by atoms with E-state index in [1.165, 1.54) is 25.7 Å². The Morgan fingerprint density at radius 1 is 1.28 bits per heavy atom. The van der Waals surface area contributed by atoms with Crippen LogP contribution < -0.4 is 10.6 Å². The molecule has 0 spiro atoms. The average Bonchev–Trinajstić information content (AvgIpc) is 3.17. The van der Waals surface area contributed by atoms with E-state index in [-0.39, 0.29) is 0 Å². The van der Waals surface area contributed by atoms with Crippen LogP contribution in [0.15, 0.2) is 41.8 Å². The molecule has 6 nitrogen and oxygen atoms in total. The third kappa shape index (κ3) is 5.05. The van der Waals surface area contributed by atoms with Gasteiger partial charge in [-0.2, -0.15) is 5.10 Å². The minimum atomic E-state index is 0.533. The molecule has 1 aliphatic carbocycles. The van der Waals surface area contributed by atoms with Gasteiger partial charge < -0.3 is 10.6 Å². The van der Waals surface area contributed by atoms with Crippen LogP contribution in [0.25, 0.3) is 5.82 Å². The number of aliphatic imine (C=N–C) groups is 1. The van der Waals surface area contributed by atoms with Gasteiger partial charge in [0.15, 0.2) is 11.8 Å². The first-order valence-corrected chi connectivity index (χ1v) is 9.24. The van der Waals surface area contributed by atoms with Crippen molar-refractivity contribution >= 4 is 5.96 Å². The number of guanidine groups is 1. The fraction of sp³-hybridized carbons (Fsp3) is 0.526. The molecular weight excluding hydrogens is 312 g/mol. The molecule has 1 fully saturated rings. The van der Waals surface area contributed by atoms with Gasteiger partial charge in [-0.25, -0.2) is 14.7 Å². The fourth-order valence-corrected chi connectivity index (χ4v) is 3.18. The highest BCUT2D eigenvalue weighted by Gasteiger charge is 2.18. The molecule has 0 atom stereocenters. The molecule has 0 radical (unpaired) electrons. The standard InChI is InChI=1S/C19H28N6/c1-3-20-19(24-17-7-5-15(2)6-8-17)22-14-16-9-11-21-18(13-16)25-12-4-10-23-25/h4,9-13,15,17H,3,5-8,14H2,1-2H3,(H2,20,22,24). The number of nitrogens with zero attached hydrogens (tertiary/aromatic N) is 4. The zero-order chi connectivity index (χ0) is 17.5. The summed E-state index contributed by atoms with van der Waals surface area (Å²) in [6, 6.07) is 6.46. The Labute approximate surface area is 149 Å². The summed E-state index contributed by atoms with van der Waals surface area (Å²) in [4.78, 5) is 9.12. The van der Waals surface area contributed by atoms with Gasteiger partial charge in [0.25, 0.3) is 0 Å². The van der Waals surface area contributed by atoms with Crippen LogP contribution in [0.1, 0.15) is 45.1 Å². The number of rotatable bonds is 5. The fourth-order valence-electron chi connectivity index (χ4n) is 3.18. The molecule has 1 saturated carbocycles. The largest absolute Gasteiger partial charge is 0.357 e. The summed E-state index contributed by atoms with van der Waals surface area (Å²) in [5.74, 6) is 2.58. The highest BCUT2D eigenvalue weighted by molar-refractivity contribution is 5.80. The predicted molar refractivity (Wildman–Crippen MR) is 101 cm³/mol. The van der Waals surface area contributed by atoms with Crippen LogP contribution >= 0.6 is 0 Å². The molecule has 2 heterocycles. The Hall–Kier alpha value is -2.37. The lowest BCUT2D eigenvalue weighted by molar-refractivity contribution is 0.329. The van der Waals surface area contributed by atoms with Crippen LogP contribution in [-0.4, -0.2) is 33.3 Å². The molecule has 0 bridgehead atoms. The zero-order valence-electron chi connectivity index (χ0n) is 15.2. The minimum Gasteiger partial charge on any atom is -0.357 e. The van der Waals surface area contributed by atoms with Crippen molar-refractivity contribution in [1.29, 1.82) is 0 Å². The smallest absolute Gasteiger partial charge is 0.191 e. The maximum Gasteiger partial charge on any atom is 0.191 e. The lowest BCUT2D eigenvalue weighted by Crippen LogP contribution is -2.44. The van der Waals surface area contributed by atoms with Crippen LogP contribution in [0.4, 0.5) is 0 Å². The number of hydrogen-bond donors (Lipinski definition) is 2. The van der Waals surface area contributed by atoms with E-state index in [2.05, 4.69) is 34.6 Å². The summed E-state index contributed by atoms with van der Waals surface area (Å²) in [5, 5.41) is 11.2. The van der Waals surface area contributed by atoms with E-state index in [1.54, 1.807) is 10.9 Å². The van der Waals surface area contributed by atoms with Crippen molar-refractivity contribution in [3.8, 4) is 5.82 Å². The number of hydrogen-bond acceptors (Lipinski definition) is 3. The molecular formula is C19H28N6. The van der Waals surface area contributed by atoms with Gasteiger partial charge in [0, 0.05) is 31.2 Å². The van der Waals surface area contributed by atoms with Gasteiger partial charge >= 0.3 is 0 Å². The normalized spacial score (nSPS) is 21.1. The summed E-state index contributed by atoms with van der Waals surface area (Å²) >= 11 is 0. The van der Waals surface area contributed by atoms with Crippen molar-refractivity contribution in [2.24, 2.45) is 10.9 Å². The van der Waals surface area contributed by atoms with E-state index in [0.29, 0.717) is 12.6 Å². The molecule has 0 saturated heterocycles. The van der Waals surface area contributed by atoms with Gasteiger partial charge in [0.05, 0.1) is 6.54 Å². The Kier molecular flexibility index (Phi) is 6.04. The van der Waals surface area contributed by atoms with Crippen molar-refractivity contribution in [2.45, 2.75) is 52.1 Å². The number of aromatic nitrogens is 3. The highest BCUT2D eigenvalue weighted by Crippen LogP contribution is 2.23. The Morgan fingerprint density at radius 3 is 2.84 bits per heavy atom. The first-order chi connectivity index (χ1) is 12.2. The van der Waals surface area contributed by atoms with Crippen LogP contribution in [0.5, 0.6) is 0 Å². The summed E-state index contributed by atoms with van der Waals surface area (Å²) < 4.78 is 1.76. The molecule has 2 N–H and O–H groups in total. The van der Waals surface area contributed by atoms with Crippen LogP contribution in [-0.2, 0) is 6.54 Å². The monoisotopic (exact) mass is 340 g/mol. The first kappa shape index (κ1) is 17.5. The quantitative estimate of drug-likeness (QED) is 0.649. The van der Waals surface area contributed by atoms with Gasteiger partial charge in [0.1, 0.15) is 0 Å². The van der Waals surface area contributed by atoms with E-state index < -0.39 is 0 Å². The first-order valence-electron chi connectivity index (χ1n) is 9.24. The van der Waals surface area contributed by atoms with Crippen LogP contribution in [0.3, 0.4) is 0 Å². The molecule has 0 aliphatic heterocycles. The molecule has 0 unspecified atom stereocenters. The lowest BCUT2D eigenvalue weighted by atomic mass is 9.87. The molecule has 0 amide bonds. The Balaban J connectivity index is 1.64. The molecule has 2 aromatic heterocycles. The second kappa shape index (κ2) is 8.65. The van der Waals surface area contributed by atoms with Gasteiger partial charge in [-0.3, -0.25) is 0 Å². The molecule has 1 aliphatic rings. The molecule has 3 rings (SSSR count). The van der Waals surface area contributed by atoms with Gasteiger partial charge in [-0.05, 0) is 62.3 Å². The predicted octanol–water partition coefficient (Wildman–Crippen LogP) is 2.90. The number of pyridine rings is 1. The van der Waals surface area contributed by atoms with Crippen molar-refractivity contribution in [1.82, 2.24) is 25.4 Å². The summed E-state index contributed by atoms with van der Waals surface area (Å²) in [7, 11) is 0. The second-order valence-electron chi connectivity index (χ2n) is 6.77. The van der Waals surface area contributed by atoms with E-state index in [4.69, 9.17) is 4.99 Å². The van der Waals surface area contributed by atoms with E-state index in [1.807, 2.05) is 30.6 Å². The Bertz CT molecular complexity index is 671. The highest BCUT2D eigenvalue weighted by atomic mass is 15.3. The molecule has 2 aromatic rings. The van der Waals surface area contributed by atoms with E-state index >= 15 is 0 Å². The lowest BCUT2D eigenvalue weighted by Gasteiger charge is -2.28. The zero-order valence-corrected chi connectivity index (χ0v) is 15.2. The number of nitrogens with one attached hydrogen (secondary N) is 2. The minimum absolute atomic E-state index is 0.533. The maximum atomic E-state index is 4.76. The summed E-state index contributed by atoms with van der Waals surface area (Å²) in [6.07, 6.45) is 10.5. The molecule has 0 aromatic carbocycles. The van der Waals surface area contributed by atoms with E-state index in [9.17, 15) is 0 Å². The third-order valence-corrected chi connectivity index (χ3v) is 4.67. The van der Waals surface area contributed by atoms with Crippen molar-refractivity contribution in [3.05, 3.63) is 42.4 Å². The molecule has 25 heavy (non-hydrogen) atoms. The summed E-state index contributed by atoms with van der Waals surface area (Å²) in [6.45, 7) is 5.93. The molecule has 6 heteroatoms.